The van der Waals surface area contributed by atoms with Crippen molar-refractivity contribution in [1.82, 2.24) is 9.38 Å². The summed E-state index contributed by atoms with van der Waals surface area (Å²) in [5, 5.41) is 0. The fourth-order valence-electron chi connectivity index (χ4n) is 3.85. The van der Waals surface area contributed by atoms with Crippen LogP contribution >= 0.6 is 11.3 Å². The number of nitrogens with zero attached hydrogens (tertiary/aromatic N) is 2. The second-order valence-electron chi connectivity index (χ2n) is 7.91. The van der Waals surface area contributed by atoms with Gasteiger partial charge in [0.25, 0.3) is 5.56 Å². The highest BCUT2D eigenvalue weighted by Gasteiger charge is 2.10. The maximum atomic E-state index is 12.9. The highest BCUT2D eigenvalue weighted by atomic mass is 32.1. The lowest BCUT2D eigenvalue weighted by atomic mass is 10.1. The van der Waals surface area contributed by atoms with Crippen molar-refractivity contribution in [1.29, 1.82) is 0 Å². The lowest BCUT2D eigenvalue weighted by Crippen LogP contribution is -2.22. The van der Waals surface area contributed by atoms with Gasteiger partial charge in [-0.05, 0) is 72.5 Å². The van der Waals surface area contributed by atoms with Crippen LogP contribution in [-0.2, 0) is 6.42 Å². The standard InChI is InChI=1S/C27H24N2O3S/c1-3-19-14-18(2)15-22(16-19)32-13-12-31-21-10-8-20(9-11-21)17-25-26(30)29-24-7-5-4-6-23(24)28-27(29)33-25/h4-11,14-17H,3,12-13H2,1-2H3/b25-17+. The average Bonchev–Trinajstić information content (AvgIpc) is 3.33. The predicted octanol–water partition coefficient (Wildman–Crippen LogP) is 4.79. The number of hydrogen-bond donors (Lipinski definition) is 0. The number of aromatic nitrogens is 2. The number of para-hydroxylation sites is 2. The van der Waals surface area contributed by atoms with Crippen molar-refractivity contribution >= 4 is 33.4 Å². The molecular weight excluding hydrogens is 432 g/mol. The highest BCUT2D eigenvalue weighted by Crippen LogP contribution is 2.18. The van der Waals surface area contributed by atoms with E-state index in [-0.39, 0.29) is 5.56 Å². The van der Waals surface area contributed by atoms with Crippen LogP contribution in [0.3, 0.4) is 0 Å². The van der Waals surface area contributed by atoms with Gasteiger partial charge in [0.05, 0.1) is 15.6 Å². The van der Waals surface area contributed by atoms with Crippen LogP contribution < -0.4 is 19.6 Å². The molecule has 0 spiro atoms. The van der Waals surface area contributed by atoms with Crippen molar-refractivity contribution in [2.45, 2.75) is 20.3 Å². The Morgan fingerprint density at radius 3 is 2.52 bits per heavy atom. The van der Waals surface area contributed by atoms with E-state index in [1.54, 1.807) is 4.40 Å². The van der Waals surface area contributed by atoms with E-state index in [0.29, 0.717) is 22.7 Å². The molecule has 0 N–H and O–H groups in total. The SMILES string of the molecule is CCc1cc(C)cc(OCCOc2ccc(/C=c3/sc4nc5ccccc5n4c3=O)cc2)c1. The molecule has 0 amide bonds. The van der Waals surface area contributed by atoms with Gasteiger partial charge in [-0.25, -0.2) is 9.38 Å². The van der Waals surface area contributed by atoms with Gasteiger partial charge in [0.1, 0.15) is 24.7 Å². The molecule has 166 valence electrons. The third-order valence-corrected chi connectivity index (χ3v) is 6.43. The summed E-state index contributed by atoms with van der Waals surface area (Å²) in [6.45, 7) is 5.15. The van der Waals surface area contributed by atoms with Gasteiger partial charge in [-0.1, -0.05) is 48.6 Å². The van der Waals surface area contributed by atoms with E-state index in [1.165, 1.54) is 22.5 Å². The molecular formula is C27H24N2O3S. The zero-order chi connectivity index (χ0) is 22.8. The third-order valence-electron chi connectivity index (χ3n) is 5.46. The predicted molar refractivity (Wildman–Crippen MR) is 134 cm³/mol. The van der Waals surface area contributed by atoms with Crippen molar-refractivity contribution in [2.75, 3.05) is 13.2 Å². The van der Waals surface area contributed by atoms with Gasteiger partial charge >= 0.3 is 0 Å². The summed E-state index contributed by atoms with van der Waals surface area (Å²) in [5.41, 5.74) is 5.05. The monoisotopic (exact) mass is 456 g/mol. The number of imidazole rings is 1. The van der Waals surface area contributed by atoms with E-state index in [0.717, 1.165) is 34.5 Å². The van der Waals surface area contributed by atoms with Gasteiger partial charge in [0, 0.05) is 0 Å². The van der Waals surface area contributed by atoms with Crippen LogP contribution in [0.15, 0.2) is 71.5 Å². The lowest BCUT2D eigenvalue weighted by Gasteiger charge is -2.10. The Balaban J connectivity index is 1.24. The molecule has 0 bridgehead atoms. The molecule has 0 aliphatic heterocycles. The third kappa shape index (κ3) is 4.47. The molecule has 5 aromatic rings. The first-order chi connectivity index (χ1) is 16.1. The summed E-state index contributed by atoms with van der Waals surface area (Å²) in [5.74, 6) is 1.65. The molecule has 0 aliphatic rings. The number of ether oxygens (including phenoxy) is 2. The molecule has 5 nitrogen and oxygen atoms in total. The Morgan fingerprint density at radius 2 is 1.73 bits per heavy atom. The normalized spacial score (nSPS) is 12.0. The van der Waals surface area contributed by atoms with E-state index in [4.69, 9.17) is 9.47 Å². The van der Waals surface area contributed by atoms with Gasteiger partial charge in [-0.3, -0.25) is 4.79 Å². The molecule has 5 rings (SSSR count). The average molecular weight is 457 g/mol. The molecule has 6 heteroatoms. The van der Waals surface area contributed by atoms with E-state index in [1.807, 2.05) is 60.7 Å². The quantitative estimate of drug-likeness (QED) is 0.331. The second-order valence-corrected chi connectivity index (χ2v) is 8.92. The molecule has 0 aliphatic carbocycles. The molecule has 0 saturated heterocycles. The maximum absolute atomic E-state index is 12.9. The first-order valence-corrected chi connectivity index (χ1v) is 11.8. The zero-order valence-corrected chi connectivity index (χ0v) is 19.4. The summed E-state index contributed by atoms with van der Waals surface area (Å²) < 4.78 is 14.0. The molecule has 0 fully saturated rings. The number of benzene rings is 3. The molecule has 3 aromatic carbocycles. The minimum atomic E-state index is -0.0384. The Bertz CT molecular complexity index is 1530. The Morgan fingerprint density at radius 1 is 0.970 bits per heavy atom. The van der Waals surface area contributed by atoms with Crippen molar-refractivity contribution in [3.8, 4) is 11.5 Å². The Kier molecular flexibility index (Phi) is 5.84. The van der Waals surface area contributed by atoms with Crippen LogP contribution in [0.2, 0.25) is 0 Å². The van der Waals surface area contributed by atoms with Crippen molar-refractivity contribution < 1.29 is 9.47 Å². The molecule has 2 heterocycles. The summed E-state index contributed by atoms with van der Waals surface area (Å²) in [4.78, 5) is 18.2. The van der Waals surface area contributed by atoms with Crippen molar-refractivity contribution in [2.24, 2.45) is 0 Å². The molecule has 0 unspecified atom stereocenters. The largest absolute Gasteiger partial charge is 0.490 e. The van der Waals surface area contributed by atoms with Crippen LogP contribution in [0.4, 0.5) is 0 Å². The van der Waals surface area contributed by atoms with Crippen LogP contribution in [0.1, 0.15) is 23.6 Å². The molecule has 2 aromatic heterocycles. The summed E-state index contributed by atoms with van der Waals surface area (Å²) in [6, 6.07) is 21.7. The van der Waals surface area contributed by atoms with Gasteiger partial charge in [0.2, 0.25) is 0 Å². The lowest BCUT2D eigenvalue weighted by molar-refractivity contribution is 0.217. The second kappa shape index (κ2) is 9.08. The van der Waals surface area contributed by atoms with Gasteiger partial charge in [-0.2, -0.15) is 0 Å². The summed E-state index contributed by atoms with van der Waals surface area (Å²) in [6.07, 6.45) is 2.88. The number of fused-ring (bicyclic) bond motifs is 3. The minimum Gasteiger partial charge on any atom is -0.490 e. The van der Waals surface area contributed by atoms with Gasteiger partial charge < -0.3 is 9.47 Å². The number of aryl methyl sites for hydroxylation is 2. The van der Waals surface area contributed by atoms with Crippen molar-refractivity contribution in [3.05, 3.63) is 98.3 Å². The fourth-order valence-corrected chi connectivity index (χ4v) is 4.84. The van der Waals surface area contributed by atoms with E-state index in [2.05, 4.69) is 31.0 Å². The Labute approximate surface area is 195 Å². The Hall–Kier alpha value is -3.64. The van der Waals surface area contributed by atoms with Crippen molar-refractivity contribution in [3.63, 3.8) is 0 Å². The van der Waals surface area contributed by atoms with E-state index < -0.39 is 0 Å². The molecule has 0 radical (unpaired) electrons. The van der Waals surface area contributed by atoms with Crippen LogP contribution in [0.25, 0.3) is 22.1 Å². The summed E-state index contributed by atoms with van der Waals surface area (Å²) >= 11 is 1.40. The van der Waals surface area contributed by atoms with Gasteiger partial charge in [0.15, 0.2) is 4.96 Å². The van der Waals surface area contributed by atoms with Crippen LogP contribution in [-0.4, -0.2) is 22.6 Å². The zero-order valence-electron chi connectivity index (χ0n) is 18.6. The number of hydrogen-bond acceptors (Lipinski definition) is 5. The molecule has 0 saturated carbocycles. The first-order valence-electron chi connectivity index (χ1n) is 11.0. The van der Waals surface area contributed by atoms with Crippen LogP contribution in [0.5, 0.6) is 11.5 Å². The smallest absolute Gasteiger partial charge is 0.274 e. The molecule has 0 atom stereocenters. The van der Waals surface area contributed by atoms with E-state index >= 15 is 0 Å². The summed E-state index contributed by atoms with van der Waals surface area (Å²) in [7, 11) is 0. The number of thiazole rings is 1. The van der Waals surface area contributed by atoms with Crippen LogP contribution in [0, 0.1) is 6.92 Å². The van der Waals surface area contributed by atoms with Gasteiger partial charge in [-0.15, -0.1) is 0 Å². The fraction of sp³-hybridized carbons (Fsp3) is 0.185. The first kappa shape index (κ1) is 21.2. The topological polar surface area (TPSA) is 52.8 Å². The number of rotatable bonds is 7. The maximum Gasteiger partial charge on any atom is 0.274 e. The highest BCUT2D eigenvalue weighted by molar-refractivity contribution is 7.15. The molecule has 33 heavy (non-hydrogen) atoms. The minimum absolute atomic E-state index is 0.0384. The van der Waals surface area contributed by atoms with E-state index in [9.17, 15) is 4.79 Å².